The Morgan fingerprint density at radius 1 is 1.03 bits per heavy atom. The third-order valence-electron chi connectivity index (χ3n) is 4.89. The van der Waals surface area contributed by atoms with E-state index in [1.165, 1.54) is 11.8 Å². The molecule has 2 aromatic heterocycles. The molecule has 0 saturated carbocycles. The van der Waals surface area contributed by atoms with Crippen LogP contribution in [0.3, 0.4) is 0 Å². The fourth-order valence-electron chi connectivity index (χ4n) is 3.46. The highest BCUT2D eigenvalue weighted by atomic mass is 79.9. The zero-order chi connectivity index (χ0) is 20.7. The number of aryl methyl sites for hydroxylation is 1. The number of imidazole rings is 1. The second-order valence-corrected chi connectivity index (χ2v) is 8.77. The Kier molecular flexibility index (Phi) is 4.92. The van der Waals surface area contributed by atoms with E-state index in [2.05, 4.69) is 21.2 Å². The minimum atomic E-state index is -0.0748. The number of benzene rings is 3. The largest absolute Gasteiger partial charge is 0.325 e. The lowest BCUT2D eigenvalue weighted by molar-refractivity contribution is -0.113. The predicted octanol–water partition coefficient (Wildman–Crippen LogP) is 5.84. The molecule has 1 N–H and O–H groups in total. The second kappa shape index (κ2) is 7.74. The number of rotatable bonds is 4. The minimum absolute atomic E-state index is 0.0748. The second-order valence-electron chi connectivity index (χ2n) is 6.97. The molecule has 0 unspecified atom stereocenters. The van der Waals surface area contributed by atoms with Crippen molar-refractivity contribution in [2.24, 2.45) is 0 Å². The molecule has 0 saturated heterocycles. The molecule has 0 aliphatic rings. The number of halogens is 1. The lowest BCUT2D eigenvalue weighted by Gasteiger charge is -2.09. The number of thioether (sulfide) groups is 1. The first kappa shape index (κ1) is 19.1. The standard InChI is InChI=1S/C23H17BrN4OS/c1-14-12-15(10-11-17(14)24)25-21(29)13-30-23-27-18-7-3-2-6-16(18)22-26-19-8-4-5-9-20(19)28(22)23/h2-12H,13H2,1H3,(H,25,29). The summed E-state index contributed by atoms with van der Waals surface area (Å²) in [6.07, 6.45) is 0. The van der Waals surface area contributed by atoms with Crippen molar-refractivity contribution in [2.75, 3.05) is 11.1 Å². The van der Waals surface area contributed by atoms with Crippen molar-refractivity contribution in [1.29, 1.82) is 0 Å². The molecule has 2 heterocycles. The maximum atomic E-state index is 12.6. The first-order chi connectivity index (χ1) is 14.6. The molecule has 3 aromatic carbocycles. The van der Waals surface area contributed by atoms with Gasteiger partial charge in [-0.1, -0.05) is 52.0 Å². The summed E-state index contributed by atoms with van der Waals surface area (Å²) < 4.78 is 3.06. The number of para-hydroxylation sites is 3. The highest BCUT2D eigenvalue weighted by Gasteiger charge is 2.15. The van der Waals surface area contributed by atoms with Gasteiger partial charge in [0.1, 0.15) is 5.65 Å². The van der Waals surface area contributed by atoms with Crippen molar-refractivity contribution in [3.63, 3.8) is 0 Å². The highest BCUT2D eigenvalue weighted by molar-refractivity contribution is 9.10. The Bertz CT molecular complexity index is 1430. The summed E-state index contributed by atoms with van der Waals surface area (Å²) >= 11 is 4.89. The summed E-state index contributed by atoms with van der Waals surface area (Å²) in [6, 6.07) is 21.7. The maximum Gasteiger partial charge on any atom is 0.234 e. The molecule has 0 fully saturated rings. The molecule has 0 atom stereocenters. The third kappa shape index (κ3) is 3.44. The van der Waals surface area contributed by atoms with E-state index in [0.29, 0.717) is 0 Å². The average molecular weight is 477 g/mol. The van der Waals surface area contributed by atoms with Crippen LogP contribution in [0.1, 0.15) is 5.56 Å². The summed E-state index contributed by atoms with van der Waals surface area (Å²) in [6.45, 7) is 1.99. The minimum Gasteiger partial charge on any atom is -0.325 e. The molecular weight excluding hydrogens is 460 g/mol. The molecular formula is C23H17BrN4OS. The van der Waals surface area contributed by atoms with Crippen LogP contribution >= 0.6 is 27.7 Å². The van der Waals surface area contributed by atoms with Crippen LogP contribution in [-0.4, -0.2) is 26.0 Å². The van der Waals surface area contributed by atoms with E-state index in [1.807, 2.05) is 78.1 Å². The topological polar surface area (TPSA) is 59.3 Å². The predicted molar refractivity (Wildman–Crippen MR) is 126 cm³/mol. The molecule has 0 bridgehead atoms. The van der Waals surface area contributed by atoms with E-state index in [1.54, 1.807) is 0 Å². The van der Waals surface area contributed by atoms with E-state index in [0.717, 1.165) is 48.5 Å². The van der Waals surface area contributed by atoms with E-state index >= 15 is 0 Å². The molecule has 5 rings (SSSR count). The molecule has 148 valence electrons. The van der Waals surface area contributed by atoms with Gasteiger partial charge in [0.05, 0.1) is 22.3 Å². The number of aromatic nitrogens is 3. The van der Waals surface area contributed by atoms with Crippen LogP contribution in [0, 0.1) is 6.92 Å². The van der Waals surface area contributed by atoms with Gasteiger partial charge in [0.15, 0.2) is 5.16 Å². The number of nitrogens with one attached hydrogen (secondary N) is 1. The Hall–Kier alpha value is -2.90. The van der Waals surface area contributed by atoms with Gasteiger partial charge in [0.25, 0.3) is 0 Å². The monoisotopic (exact) mass is 476 g/mol. The van der Waals surface area contributed by atoms with Crippen molar-refractivity contribution in [2.45, 2.75) is 12.1 Å². The van der Waals surface area contributed by atoms with Crippen molar-refractivity contribution in [3.05, 3.63) is 76.8 Å². The van der Waals surface area contributed by atoms with Gasteiger partial charge in [-0.15, -0.1) is 0 Å². The van der Waals surface area contributed by atoms with Crippen molar-refractivity contribution in [3.8, 4) is 0 Å². The first-order valence-corrected chi connectivity index (χ1v) is 11.2. The highest BCUT2D eigenvalue weighted by Crippen LogP contribution is 2.29. The molecule has 0 aliphatic heterocycles. The van der Waals surface area contributed by atoms with Gasteiger partial charge in [-0.05, 0) is 55.0 Å². The number of hydrogen-bond acceptors (Lipinski definition) is 4. The van der Waals surface area contributed by atoms with Gasteiger partial charge in [-0.2, -0.15) is 0 Å². The van der Waals surface area contributed by atoms with Gasteiger partial charge >= 0.3 is 0 Å². The van der Waals surface area contributed by atoms with E-state index in [-0.39, 0.29) is 11.7 Å². The summed E-state index contributed by atoms with van der Waals surface area (Å²) in [4.78, 5) is 22.2. The molecule has 0 radical (unpaired) electrons. The van der Waals surface area contributed by atoms with Crippen LogP contribution in [0.4, 0.5) is 5.69 Å². The van der Waals surface area contributed by atoms with Crippen molar-refractivity contribution in [1.82, 2.24) is 14.4 Å². The molecule has 5 aromatic rings. The fourth-order valence-corrected chi connectivity index (χ4v) is 4.52. The molecule has 0 spiro atoms. The number of fused-ring (bicyclic) bond motifs is 5. The van der Waals surface area contributed by atoms with Gasteiger partial charge in [0.2, 0.25) is 5.91 Å². The summed E-state index contributed by atoms with van der Waals surface area (Å²) in [7, 11) is 0. The molecule has 5 nitrogen and oxygen atoms in total. The van der Waals surface area contributed by atoms with Crippen LogP contribution in [-0.2, 0) is 4.79 Å². The average Bonchev–Trinajstić information content (AvgIpc) is 3.15. The van der Waals surface area contributed by atoms with E-state index in [4.69, 9.17) is 9.97 Å². The normalized spacial score (nSPS) is 11.4. The number of amides is 1. The Labute approximate surface area is 185 Å². The molecule has 0 aliphatic carbocycles. The molecule has 1 amide bonds. The van der Waals surface area contributed by atoms with Crippen molar-refractivity contribution < 1.29 is 4.79 Å². The Balaban J connectivity index is 1.50. The number of hydrogen-bond donors (Lipinski definition) is 1. The zero-order valence-corrected chi connectivity index (χ0v) is 18.5. The number of carbonyl (C=O) groups excluding carboxylic acids is 1. The fraction of sp³-hybridized carbons (Fsp3) is 0.0870. The Morgan fingerprint density at radius 2 is 1.80 bits per heavy atom. The summed E-state index contributed by atoms with van der Waals surface area (Å²) in [5.74, 6) is 0.177. The van der Waals surface area contributed by atoms with Crippen LogP contribution < -0.4 is 5.32 Å². The first-order valence-electron chi connectivity index (χ1n) is 9.45. The van der Waals surface area contributed by atoms with Gasteiger partial charge < -0.3 is 5.32 Å². The maximum absolute atomic E-state index is 12.6. The van der Waals surface area contributed by atoms with Crippen molar-refractivity contribution >= 4 is 66.9 Å². The van der Waals surface area contributed by atoms with Gasteiger partial charge in [0, 0.05) is 15.5 Å². The number of carbonyl (C=O) groups is 1. The van der Waals surface area contributed by atoms with Crippen LogP contribution in [0.5, 0.6) is 0 Å². The lowest BCUT2D eigenvalue weighted by atomic mass is 10.2. The smallest absolute Gasteiger partial charge is 0.234 e. The van der Waals surface area contributed by atoms with Crippen LogP contribution in [0.2, 0.25) is 0 Å². The van der Waals surface area contributed by atoms with Gasteiger partial charge in [-0.25, -0.2) is 9.97 Å². The van der Waals surface area contributed by atoms with E-state index < -0.39 is 0 Å². The third-order valence-corrected chi connectivity index (χ3v) is 6.72. The number of nitrogens with zero attached hydrogens (tertiary/aromatic N) is 3. The zero-order valence-electron chi connectivity index (χ0n) is 16.1. The van der Waals surface area contributed by atoms with Crippen LogP contribution in [0.15, 0.2) is 76.4 Å². The van der Waals surface area contributed by atoms with E-state index in [9.17, 15) is 4.79 Å². The Morgan fingerprint density at radius 3 is 2.63 bits per heavy atom. The summed E-state index contributed by atoms with van der Waals surface area (Å²) in [5.41, 5.74) is 5.47. The molecule has 30 heavy (non-hydrogen) atoms. The summed E-state index contributed by atoms with van der Waals surface area (Å²) in [5, 5.41) is 4.71. The quantitative estimate of drug-likeness (QED) is 0.261. The van der Waals surface area contributed by atoms with Crippen LogP contribution in [0.25, 0.3) is 27.6 Å². The molecule has 7 heteroatoms. The van der Waals surface area contributed by atoms with Gasteiger partial charge in [-0.3, -0.25) is 9.20 Å². The number of anilines is 1. The SMILES string of the molecule is Cc1cc(NC(=O)CSc2nc3ccccc3c3nc4ccccc4n23)ccc1Br. The lowest BCUT2D eigenvalue weighted by Crippen LogP contribution is -2.14.